The molecule has 3 rings (SSSR count). The first-order valence-corrected chi connectivity index (χ1v) is 8.56. The van der Waals surface area contributed by atoms with Gasteiger partial charge in [0.1, 0.15) is 0 Å². The van der Waals surface area contributed by atoms with Crippen molar-refractivity contribution in [1.82, 2.24) is 5.32 Å². The van der Waals surface area contributed by atoms with Crippen molar-refractivity contribution in [3.63, 3.8) is 0 Å². The molecule has 2 aliphatic rings. The predicted octanol–water partition coefficient (Wildman–Crippen LogP) is 4.75. The fourth-order valence-corrected chi connectivity index (χ4v) is 4.55. The molecule has 4 atom stereocenters. The first-order valence-electron chi connectivity index (χ1n) is 7.77. The molecule has 104 valence electrons. The maximum absolute atomic E-state index is 3.81. The summed E-state index contributed by atoms with van der Waals surface area (Å²) in [4.78, 5) is 0. The fraction of sp³-hybridized carbons (Fsp3) is 0.647. The van der Waals surface area contributed by atoms with Gasteiger partial charge in [-0.3, -0.25) is 0 Å². The van der Waals surface area contributed by atoms with Crippen LogP contribution in [0.25, 0.3) is 0 Å². The lowest BCUT2D eigenvalue weighted by atomic mass is 9.86. The number of hydrogen-bond donors (Lipinski definition) is 1. The second kappa shape index (κ2) is 5.97. The SMILES string of the molecule is CCCC1CCCC2C(NCc3cccc(Br)c3)C12. The Labute approximate surface area is 125 Å². The van der Waals surface area contributed by atoms with Gasteiger partial charge in [0.15, 0.2) is 0 Å². The molecule has 1 nitrogen and oxygen atoms in total. The Kier molecular flexibility index (Phi) is 4.28. The summed E-state index contributed by atoms with van der Waals surface area (Å²) < 4.78 is 1.18. The van der Waals surface area contributed by atoms with Gasteiger partial charge in [-0.05, 0) is 41.9 Å². The van der Waals surface area contributed by atoms with Gasteiger partial charge in [0.05, 0.1) is 0 Å². The van der Waals surface area contributed by atoms with E-state index >= 15 is 0 Å². The molecule has 1 aromatic rings. The van der Waals surface area contributed by atoms with E-state index in [-0.39, 0.29) is 0 Å². The van der Waals surface area contributed by atoms with Crippen LogP contribution in [0, 0.1) is 17.8 Å². The second-order valence-electron chi connectivity index (χ2n) is 6.26. The Morgan fingerprint density at radius 2 is 2.21 bits per heavy atom. The summed E-state index contributed by atoms with van der Waals surface area (Å²) in [5.74, 6) is 2.97. The molecule has 1 aromatic carbocycles. The van der Waals surface area contributed by atoms with Crippen LogP contribution >= 0.6 is 15.9 Å². The second-order valence-corrected chi connectivity index (χ2v) is 7.17. The number of hydrogen-bond acceptors (Lipinski definition) is 1. The van der Waals surface area contributed by atoms with E-state index in [1.807, 2.05) is 0 Å². The van der Waals surface area contributed by atoms with E-state index in [1.165, 1.54) is 42.1 Å². The fourth-order valence-electron chi connectivity index (χ4n) is 4.10. The minimum atomic E-state index is 0.804. The van der Waals surface area contributed by atoms with Crippen LogP contribution in [0.4, 0.5) is 0 Å². The summed E-state index contributed by atoms with van der Waals surface area (Å²) in [6.07, 6.45) is 7.19. The Balaban J connectivity index is 1.54. The van der Waals surface area contributed by atoms with Crippen molar-refractivity contribution in [3.8, 4) is 0 Å². The minimum Gasteiger partial charge on any atom is -0.309 e. The summed E-state index contributed by atoms with van der Waals surface area (Å²) in [6, 6.07) is 9.46. The number of fused-ring (bicyclic) bond motifs is 1. The maximum atomic E-state index is 3.81. The molecule has 19 heavy (non-hydrogen) atoms. The standard InChI is InChI=1S/C17H24BrN/c1-2-5-13-7-4-9-15-16(13)17(15)19-11-12-6-3-8-14(18)10-12/h3,6,8,10,13,15-17,19H,2,4-5,7,9,11H2,1H3. The highest BCUT2D eigenvalue weighted by Crippen LogP contribution is 2.54. The van der Waals surface area contributed by atoms with Crippen molar-refractivity contribution < 1.29 is 0 Å². The van der Waals surface area contributed by atoms with Gasteiger partial charge >= 0.3 is 0 Å². The molecule has 2 aliphatic carbocycles. The molecule has 1 N–H and O–H groups in total. The molecule has 0 saturated heterocycles. The molecule has 0 heterocycles. The number of rotatable bonds is 5. The number of benzene rings is 1. The molecule has 2 heteroatoms. The van der Waals surface area contributed by atoms with E-state index in [4.69, 9.17) is 0 Å². The van der Waals surface area contributed by atoms with Gasteiger partial charge in [-0.2, -0.15) is 0 Å². The third-order valence-electron chi connectivity index (χ3n) is 4.98. The molecule has 2 fully saturated rings. The van der Waals surface area contributed by atoms with Crippen molar-refractivity contribution in [2.45, 2.75) is 51.6 Å². The summed E-state index contributed by atoms with van der Waals surface area (Å²) in [6.45, 7) is 3.35. The zero-order valence-corrected chi connectivity index (χ0v) is 13.3. The predicted molar refractivity (Wildman–Crippen MR) is 84.0 cm³/mol. The van der Waals surface area contributed by atoms with Crippen molar-refractivity contribution in [2.24, 2.45) is 17.8 Å². The molecule has 0 amide bonds. The summed E-state index contributed by atoms with van der Waals surface area (Å²) in [5.41, 5.74) is 1.39. The van der Waals surface area contributed by atoms with E-state index in [1.54, 1.807) is 0 Å². The largest absolute Gasteiger partial charge is 0.309 e. The van der Waals surface area contributed by atoms with Crippen LogP contribution in [-0.2, 0) is 6.54 Å². The highest BCUT2D eigenvalue weighted by atomic mass is 79.9. The van der Waals surface area contributed by atoms with Gasteiger partial charge in [0.25, 0.3) is 0 Å². The number of halogens is 1. The molecule has 4 unspecified atom stereocenters. The zero-order chi connectivity index (χ0) is 13.2. The lowest BCUT2D eigenvalue weighted by Gasteiger charge is -2.20. The van der Waals surface area contributed by atoms with E-state index in [2.05, 4.69) is 52.4 Å². The lowest BCUT2D eigenvalue weighted by Crippen LogP contribution is -2.20. The van der Waals surface area contributed by atoms with E-state index in [0.717, 1.165) is 30.3 Å². The van der Waals surface area contributed by atoms with Crippen molar-refractivity contribution in [1.29, 1.82) is 0 Å². The summed E-state index contributed by atoms with van der Waals surface area (Å²) in [5, 5.41) is 3.81. The highest BCUT2D eigenvalue weighted by Gasteiger charge is 2.54. The topological polar surface area (TPSA) is 12.0 Å². The third kappa shape index (κ3) is 3.05. The Bertz CT molecular complexity index is 429. The average Bonchev–Trinajstić information content (AvgIpc) is 3.11. The van der Waals surface area contributed by atoms with Crippen LogP contribution in [0.2, 0.25) is 0 Å². The van der Waals surface area contributed by atoms with E-state index in [9.17, 15) is 0 Å². The minimum absolute atomic E-state index is 0.804. The molecular weight excluding hydrogens is 298 g/mol. The van der Waals surface area contributed by atoms with Crippen LogP contribution in [0.3, 0.4) is 0 Å². The first-order chi connectivity index (χ1) is 9.29. The molecule has 0 aliphatic heterocycles. The van der Waals surface area contributed by atoms with Crippen molar-refractivity contribution in [3.05, 3.63) is 34.3 Å². The molecule has 0 aromatic heterocycles. The molecular formula is C17H24BrN. The maximum Gasteiger partial charge on any atom is 0.0208 e. The zero-order valence-electron chi connectivity index (χ0n) is 11.7. The smallest absolute Gasteiger partial charge is 0.0208 e. The van der Waals surface area contributed by atoms with Crippen LogP contribution in [0.5, 0.6) is 0 Å². The van der Waals surface area contributed by atoms with Crippen molar-refractivity contribution in [2.75, 3.05) is 0 Å². The van der Waals surface area contributed by atoms with E-state index < -0.39 is 0 Å². The summed E-state index contributed by atoms with van der Waals surface area (Å²) >= 11 is 3.55. The van der Waals surface area contributed by atoms with Crippen LogP contribution in [0.1, 0.15) is 44.6 Å². The van der Waals surface area contributed by atoms with Gasteiger partial charge in [0, 0.05) is 17.1 Å². The quantitative estimate of drug-likeness (QED) is 0.824. The van der Waals surface area contributed by atoms with E-state index in [0.29, 0.717) is 0 Å². The average molecular weight is 322 g/mol. The van der Waals surface area contributed by atoms with Gasteiger partial charge in [-0.25, -0.2) is 0 Å². The number of nitrogens with one attached hydrogen (secondary N) is 1. The van der Waals surface area contributed by atoms with Crippen molar-refractivity contribution >= 4 is 15.9 Å². The van der Waals surface area contributed by atoms with Crippen LogP contribution in [0.15, 0.2) is 28.7 Å². The monoisotopic (exact) mass is 321 g/mol. The van der Waals surface area contributed by atoms with Crippen LogP contribution < -0.4 is 5.32 Å². The Morgan fingerprint density at radius 3 is 3.00 bits per heavy atom. The van der Waals surface area contributed by atoms with Gasteiger partial charge in [-0.15, -0.1) is 0 Å². The molecule has 0 spiro atoms. The normalized spacial score (nSPS) is 32.9. The van der Waals surface area contributed by atoms with Crippen LogP contribution in [-0.4, -0.2) is 6.04 Å². The third-order valence-corrected chi connectivity index (χ3v) is 5.47. The Hall–Kier alpha value is -0.340. The van der Waals surface area contributed by atoms with Gasteiger partial charge < -0.3 is 5.32 Å². The summed E-state index contributed by atoms with van der Waals surface area (Å²) in [7, 11) is 0. The highest BCUT2D eigenvalue weighted by molar-refractivity contribution is 9.10. The molecule has 0 bridgehead atoms. The van der Waals surface area contributed by atoms with Gasteiger partial charge in [0.2, 0.25) is 0 Å². The molecule has 0 radical (unpaired) electrons. The molecule has 2 saturated carbocycles. The lowest BCUT2D eigenvalue weighted by molar-refractivity contribution is 0.312. The van der Waals surface area contributed by atoms with Gasteiger partial charge in [-0.1, -0.05) is 60.7 Å². The Morgan fingerprint density at radius 1 is 1.32 bits per heavy atom. The first kappa shape index (κ1) is 13.6.